The van der Waals surface area contributed by atoms with Crippen molar-refractivity contribution in [1.29, 1.82) is 0 Å². The lowest BCUT2D eigenvalue weighted by Gasteiger charge is -2.14. The lowest BCUT2D eigenvalue weighted by atomic mass is 10.1. The summed E-state index contributed by atoms with van der Waals surface area (Å²) in [5.41, 5.74) is 1.33. The van der Waals surface area contributed by atoms with Crippen LogP contribution in [0.2, 0.25) is 0 Å². The standard InChI is InChI=1S/C15H19N3O3/c1-10(2)14-16-13(17-21-14)9-18(3)8-11-4-6-12(7-5-11)15(19)20/h4-7,10H,8-9H2,1-3H3,(H,19,20). The summed E-state index contributed by atoms with van der Waals surface area (Å²) in [6.07, 6.45) is 0. The van der Waals surface area contributed by atoms with Crippen molar-refractivity contribution < 1.29 is 14.4 Å². The van der Waals surface area contributed by atoms with Crippen LogP contribution in [0.1, 0.15) is 47.4 Å². The van der Waals surface area contributed by atoms with Crippen molar-refractivity contribution in [1.82, 2.24) is 15.0 Å². The maximum atomic E-state index is 10.8. The van der Waals surface area contributed by atoms with Gasteiger partial charge in [-0.1, -0.05) is 31.1 Å². The molecule has 6 nitrogen and oxygen atoms in total. The molecule has 1 heterocycles. The molecule has 0 radical (unpaired) electrons. The monoisotopic (exact) mass is 289 g/mol. The Bertz CT molecular complexity index is 605. The highest BCUT2D eigenvalue weighted by Gasteiger charge is 2.12. The fraction of sp³-hybridized carbons (Fsp3) is 0.400. The van der Waals surface area contributed by atoms with Gasteiger partial charge >= 0.3 is 5.97 Å². The van der Waals surface area contributed by atoms with E-state index in [9.17, 15) is 4.79 Å². The van der Waals surface area contributed by atoms with Gasteiger partial charge in [-0.2, -0.15) is 4.98 Å². The maximum Gasteiger partial charge on any atom is 0.335 e. The molecule has 1 aromatic carbocycles. The zero-order chi connectivity index (χ0) is 15.4. The van der Waals surface area contributed by atoms with Crippen molar-refractivity contribution in [2.75, 3.05) is 7.05 Å². The first-order valence-corrected chi connectivity index (χ1v) is 6.79. The average Bonchev–Trinajstić information content (AvgIpc) is 2.87. The van der Waals surface area contributed by atoms with Crippen LogP contribution >= 0.6 is 0 Å². The van der Waals surface area contributed by atoms with Crippen LogP contribution in [0.4, 0.5) is 0 Å². The summed E-state index contributed by atoms with van der Waals surface area (Å²) in [5, 5.41) is 12.8. The second kappa shape index (κ2) is 6.49. The second-order valence-corrected chi connectivity index (χ2v) is 5.38. The number of rotatable bonds is 6. The molecule has 0 unspecified atom stereocenters. The number of hydrogen-bond donors (Lipinski definition) is 1. The molecule has 0 amide bonds. The van der Waals surface area contributed by atoms with Gasteiger partial charge in [0.25, 0.3) is 0 Å². The van der Waals surface area contributed by atoms with Crippen LogP contribution in [-0.2, 0) is 13.1 Å². The molecule has 0 bridgehead atoms. The minimum Gasteiger partial charge on any atom is -0.478 e. The quantitative estimate of drug-likeness (QED) is 0.880. The summed E-state index contributed by atoms with van der Waals surface area (Å²) in [4.78, 5) is 17.2. The van der Waals surface area contributed by atoms with Gasteiger partial charge in [0.05, 0.1) is 12.1 Å². The van der Waals surface area contributed by atoms with E-state index in [0.717, 1.165) is 5.56 Å². The molecule has 0 atom stereocenters. The number of aromatic carboxylic acids is 1. The van der Waals surface area contributed by atoms with E-state index in [1.165, 1.54) is 0 Å². The van der Waals surface area contributed by atoms with Gasteiger partial charge < -0.3 is 9.63 Å². The molecule has 112 valence electrons. The number of nitrogens with zero attached hydrogens (tertiary/aromatic N) is 3. The third-order valence-corrected chi connectivity index (χ3v) is 3.04. The predicted molar refractivity (Wildman–Crippen MR) is 77.0 cm³/mol. The Morgan fingerprint density at radius 1 is 1.29 bits per heavy atom. The summed E-state index contributed by atoms with van der Waals surface area (Å²) in [7, 11) is 1.95. The minimum atomic E-state index is -0.914. The molecular weight excluding hydrogens is 270 g/mol. The third-order valence-electron chi connectivity index (χ3n) is 3.04. The van der Waals surface area contributed by atoms with E-state index in [1.807, 2.05) is 37.9 Å². The van der Waals surface area contributed by atoms with Gasteiger partial charge in [-0.25, -0.2) is 4.79 Å². The van der Waals surface area contributed by atoms with Gasteiger partial charge in [-0.3, -0.25) is 4.90 Å². The molecule has 0 fully saturated rings. The molecular formula is C15H19N3O3. The Labute approximate surface area is 123 Å². The highest BCUT2D eigenvalue weighted by Crippen LogP contribution is 2.13. The fourth-order valence-electron chi connectivity index (χ4n) is 1.93. The van der Waals surface area contributed by atoms with Crippen LogP contribution < -0.4 is 0 Å². The van der Waals surface area contributed by atoms with Gasteiger partial charge in [0.2, 0.25) is 5.89 Å². The molecule has 1 aromatic heterocycles. The minimum absolute atomic E-state index is 0.222. The van der Waals surface area contributed by atoms with E-state index in [-0.39, 0.29) is 5.92 Å². The lowest BCUT2D eigenvalue weighted by Crippen LogP contribution is -2.18. The molecule has 21 heavy (non-hydrogen) atoms. The van der Waals surface area contributed by atoms with E-state index in [1.54, 1.807) is 12.1 Å². The number of hydrogen-bond acceptors (Lipinski definition) is 5. The molecule has 1 N–H and O–H groups in total. The molecule has 0 saturated heterocycles. The SMILES string of the molecule is CC(C)c1nc(CN(C)Cc2ccc(C(=O)O)cc2)no1. The Morgan fingerprint density at radius 3 is 2.48 bits per heavy atom. The Kier molecular flexibility index (Phi) is 4.70. The highest BCUT2D eigenvalue weighted by atomic mass is 16.5. The number of carboxylic acids is 1. The second-order valence-electron chi connectivity index (χ2n) is 5.38. The number of carboxylic acid groups (broad SMARTS) is 1. The van der Waals surface area contributed by atoms with E-state index in [0.29, 0.717) is 30.4 Å². The van der Waals surface area contributed by atoms with Crippen LogP contribution in [0.3, 0.4) is 0 Å². The summed E-state index contributed by atoms with van der Waals surface area (Å²) in [6, 6.07) is 6.85. The molecule has 6 heteroatoms. The van der Waals surface area contributed by atoms with Crippen molar-refractivity contribution in [3.05, 3.63) is 47.1 Å². The zero-order valence-corrected chi connectivity index (χ0v) is 12.4. The number of benzene rings is 1. The number of carbonyl (C=O) groups is 1. The Hall–Kier alpha value is -2.21. The van der Waals surface area contributed by atoms with Crippen molar-refractivity contribution >= 4 is 5.97 Å². The van der Waals surface area contributed by atoms with E-state index < -0.39 is 5.97 Å². The van der Waals surface area contributed by atoms with Crippen molar-refractivity contribution in [2.45, 2.75) is 32.9 Å². The highest BCUT2D eigenvalue weighted by molar-refractivity contribution is 5.87. The molecule has 2 rings (SSSR count). The molecule has 0 aliphatic heterocycles. The first kappa shape index (κ1) is 15.2. The molecule has 0 aliphatic rings. The summed E-state index contributed by atoms with van der Waals surface area (Å²) >= 11 is 0. The van der Waals surface area contributed by atoms with Crippen LogP contribution in [0.5, 0.6) is 0 Å². The smallest absolute Gasteiger partial charge is 0.335 e. The van der Waals surface area contributed by atoms with Crippen molar-refractivity contribution in [3.63, 3.8) is 0 Å². The van der Waals surface area contributed by atoms with E-state index in [2.05, 4.69) is 10.1 Å². The van der Waals surface area contributed by atoms with Crippen molar-refractivity contribution in [2.24, 2.45) is 0 Å². The molecule has 2 aromatic rings. The summed E-state index contributed by atoms with van der Waals surface area (Å²) < 4.78 is 5.17. The van der Waals surface area contributed by atoms with Gasteiger partial charge in [-0.15, -0.1) is 0 Å². The zero-order valence-electron chi connectivity index (χ0n) is 12.4. The van der Waals surface area contributed by atoms with Gasteiger partial charge in [0, 0.05) is 12.5 Å². The fourth-order valence-corrected chi connectivity index (χ4v) is 1.93. The van der Waals surface area contributed by atoms with Crippen LogP contribution in [0.15, 0.2) is 28.8 Å². The van der Waals surface area contributed by atoms with E-state index >= 15 is 0 Å². The van der Waals surface area contributed by atoms with Crippen LogP contribution in [-0.4, -0.2) is 33.2 Å². The normalized spacial score (nSPS) is 11.3. The lowest BCUT2D eigenvalue weighted by molar-refractivity contribution is 0.0697. The number of aromatic nitrogens is 2. The average molecular weight is 289 g/mol. The van der Waals surface area contributed by atoms with Gasteiger partial charge in [0.1, 0.15) is 0 Å². The summed E-state index contributed by atoms with van der Waals surface area (Å²) in [5.74, 6) is 0.607. The topological polar surface area (TPSA) is 79.5 Å². The first-order chi connectivity index (χ1) is 9.95. The predicted octanol–water partition coefficient (Wildman–Crippen LogP) is 2.52. The summed E-state index contributed by atoms with van der Waals surface area (Å²) in [6.45, 7) is 5.28. The third kappa shape index (κ3) is 4.13. The molecule has 0 spiro atoms. The molecule has 0 aliphatic carbocycles. The van der Waals surface area contributed by atoms with Gasteiger partial charge in [0.15, 0.2) is 5.82 Å². The maximum absolute atomic E-state index is 10.8. The van der Waals surface area contributed by atoms with Crippen LogP contribution in [0, 0.1) is 0 Å². The van der Waals surface area contributed by atoms with Crippen molar-refractivity contribution in [3.8, 4) is 0 Å². The largest absolute Gasteiger partial charge is 0.478 e. The Morgan fingerprint density at radius 2 is 1.95 bits per heavy atom. The Balaban J connectivity index is 1.94. The first-order valence-electron chi connectivity index (χ1n) is 6.79. The van der Waals surface area contributed by atoms with Gasteiger partial charge in [-0.05, 0) is 24.7 Å². The van der Waals surface area contributed by atoms with E-state index in [4.69, 9.17) is 9.63 Å². The molecule has 0 saturated carbocycles. The van der Waals surface area contributed by atoms with Crippen LogP contribution in [0.25, 0.3) is 0 Å².